The summed E-state index contributed by atoms with van der Waals surface area (Å²) in [7, 11) is 1.62. The molecule has 84 valence electrons. The first-order valence-corrected chi connectivity index (χ1v) is 5.27. The average molecular weight is 230 g/mol. The van der Waals surface area contributed by atoms with Crippen molar-refractivity contribution < 1.29 is 9.84 Å². The van der Waals surface area contributed by atoms with Crippen LogP contribution in [0.3, 0.4) is 0 Å². The molecule has 1 atom stereocenters. The van der Waals surface area contributed by atoms with Crippen molar-refractivity contribution in [3.8, 4) is 5.75 Å². The first kappa shape index (κ1) is 12.1. The zero-order valence-corrected chi connectivity index (χ0v) is 9.71. The second kappa shape index (κ2) is 5.24. The van der Waals surface area contributed by atoms with E-state index in [4.69, 9.17) is 16.3 Å². The maximum atomic E-state index is 9.69. The van der Waals surface area contributed by atoms with Crippen LogP contribution in [-0.2, 0) is 0 Å². The van der Waals surface area contributed by atoms with Gasteiger partial charge in [0, 0.05) is 18.3 Å². The summed E-state index contributed by atoms with van der Waals surface area (Å²) in [6.07, 6.45) is 0. The molecule has 0 aliphatic carbocycles. The monoisotopic (exact) mass is 229 g/mol. The Morgan fingerprint density at radius 1 is 1.53 bits per heavy atom. The molecule has 1 aromatic carbocycles. The number of ether oxygens (including phenoxy) is 1. The number of hydrogen-bond donors (Lipinski definition) is 2. The van der Waals surface area contributed by atoms with Crippen LogP contribution in [0.25, 0.3) is 0 Å². The molecule has 1 aromatic rings. The maximum Gasteiger partial charge on any atom is 0.120 e. The lowest BCUT2D eigenvalue weighted by Crippen LogP contribution is -2.35. The maximum absolute atomic E-state index is 9.69. The third kappa shape index (κ3) is 3.98. The zero-order chi connectivity index (χ0) is 11.3. The summed E-state index contributed by atoms with van der Waals surface area (Å²) in [6.45, 7) is 2.09. The molecular weight excluding hydrogens is 214 g/mol. The fourth-order valence-corrected chi connectivity index (χ4v) is 1.17. The van der Waals surface area contributed by atoms with E-state index in [1.807, 2.05) is 24.3 Å². The van der Waals surface area contributed by atoms with Crippen LogP contribution in [0.5, 0.6) is 5.75 Å². The molecule has 0 aromatic heterocycles. The standard InChI is InChI=1S/C11H16ClNO2/c1-11(14,7-12)8-13-9-4-3-5-10(6-9)15-2/h3-6,13-14H,7-8H2,1-2H3. The number of rotatable bonds is 5. The molecule has 0 amide bonds. The summed E-state index contributed by atoms with van der Waals surface area (Å²) in [6, 6.07) is 7.53. The van der Waals surface area contributed by atoms with Gasteiger partial charge in [0.1, 0.15) is 5.75 Å². The number of nitrogens with one attached hydrogen (secondary N) is 1. The van der Waals surface area contributed by atoms with Gasteiger partial charge in [-0.15, -0.1) is 11.6 Å². The molecule has 0 radical (unpaired) electrons. The molecule has 0 saturated carbocycles. The smallest absolute Gasteiger partial charge is 0.120 e. The quantitative estimate of drug-likeness (QED) is 0.760. The van der Waals surface area contributed by atoms with E-state index in [2.05, 4.69) is 5.32 Å². The van der Waals surface area contributed by atoms with Crippen LogP contribution < -0.4 is 10.1 Å². The van der Waals surface area contributed by atoms with E-state index in [9.17, 15) is 5.11 Å². The van der Waals surface area contributed by atoms with Gasteiger partial charge >= 0.3 is 0 Å². The minimum absolute atomic E-state index is 0.198. The molecular formula is C11H16ClNO2. The van der Waals surface area contributed by atoms with Crippen molar-refractivity contribution in [1.82, 2.24) is 0 Å². The molecule has 0 fully saturated rings. The highest BCUT2D eigenvalue weighted by Gasteiger charge is 2.18. The number of alkyl halides is 1. The molecule has 0 heterocycles. The first-order valence-electron chi connectivity index (χ1n) is 4.74. The fraction of sp³-hybridized carbons (Fsp3) is 0.455. The van der Waals surface area contributed by atoms with Crippen molar-refractivity contribution in [1.29, 1.82) is 0 Å². The molecule has 0 aliphatic rings. The van der Waals surface area contributed by atoms with Crippen molar-refractivity contribution >= 4 is 17.3 Å². The normalized spacial score (nSPS) is 14.4. The van der Waals surface area contributed by atoms with Crippen LogP contribution in [-0.4, -0.2) is 30.2 Å². The van der Waals surface area contributed by atoms with Crippen LogP contribution in [0, 0.1) is 0 Å². The lowest BCUT2D eigenvalue weighted by Gasteiger charge is -2.21. The summed E-state index contributed by atoms with van der Waals surface area (Å²) < 4.78 is 5.08. The van der Waals surface area contributed by atoms with Gasteiger partial charge in [0.15, 0.2) is 0 Å². The molecule has 4 heteroatoms. The Balaban J connectivity index is 2.57. The molecule has 0 spiro atoms. The minimum atomic E-state index is -0.898. The highest BCUT2D eigenvalue weighted by atomic mass is 35.5. The lowest BCUT2D eigenvalue weighted by molar-refractivity contribution is 0.0981. The van der Waals surface area contributed by atoms with Crippen LogP contribution in [0.15, 0.2) is 24.3 Å². The van der Waals surface area contributed by atoms with Gasteiger partial charge < -0.3 is 15.2 Å². The Morgan fingerprint density at radius 2 is 2.27 bits per heavy atom. The van der Waals surface area contributed by atoms with Crippen molar-refractivity contribution in [3.63, 3.8) is 0 Å². The highest BCUT2D eigenvalue weighted by molar-refractivity contribution is 6.18. The highest BCUT2D eigenvalue weighted by Crippen LogP contribution is 2.17. The van der Waals surface area contributed by atoms with Gasteiger partial charge in [0.2, 0.25) is 0 Å². The Morgan fingerprint density at radius 3 is 2.87 bits per heavy atom. The number of benzene rings is 1. The van der Waals surface area contributed by atoms with E-state index < -0.39 is 5.60 Å². The van der Waals surface area contributed by atoms with Gasteiger partial charge in [-0.1, -0.05) is 6.07 Å². The number of aliphatic hydroxyl groups is 1. The van der Waals surface area contributed by atoms with Crippen LogP contribution in [0.4, 0.5) is 5.69 Å². The molecule has 3 nitrogen and oxygen atoms in total. The molecule has 0 aliphatic heterocycles. The van der Waals surface area contributed by atoms with Gasteiger partial charge in [-0.05, 0) is 19.1 Å². The zero-order valence-electron chi connectivity index (χ0n) is 8.96. The van der Waals surface area contributed by atoms with Gasteiger partial charge in [-0.25, -0.2) is 0 Å². The predicted octanol–water partition coefficient (Wildman–Crippen LogP) is 2.10. The average Bonchev–Trinajstić information content (AvgIpc) is 2.27. The van der Waals surface area contributed by atoms with E-state index in [0.717, 1.165) is 11.4 Å². The summed E-state index contributed by atoms with van der Waals surface area (Å²) in [5.74, 6) is 0.981. The van der Waals surface area contributed by atoms with Gasteiger partial charge in [0.05, 0.1) is 18.6 Å². The molecule has 15 heavy (non-hydrogen) atoms. The fourth-order valence-electron chi connectivity index (χ4n) is 1.07. The van der Waals surface area contributed by atoms with E-state index in [1.165, 1.54) is 0 Å². The SMILES string of the molecule is COc1cccc(NCC(C)(O)CCl)c1. The summed E-state index contributed by atoms with van der Waals surface area (Å²) in [5.41, 5.74) is 0.00436. The molecule has 1 rings (SSSR count). The Bertz CT molecular complexity index is 315. The van der Waals surface area contributed by atoms with E-state index in [1.54, 1.807) is 14.0 Å². The number of methoxy groups -OCH3 is 1. The van der Waals surface area contributed by atoms with Crippen molar-refractivity contribution in [3.05, 3.63) is 24.3 Å². The second-order valence-corrected chi connectivity index (χ2v) is 3.98. The predicted molar refractivity (Wildman–Crippen MR) is 62.8 cm³/mol. The molecule has 0 bridgehead atoms. The van der Waals surface area contributed by atoms with Crippen LogP contribution >= 0.6 is 11.6 Å². The Hall–Kier alpha value is -0.930. The number of anilines is 1. The Labute approximate surface area is 95.0 Å². The summed E-state index contributed by atoms with van der Waals surface area (Å²) in [5, 5.41) is 12.8. The van der Waals surface area contributed by atoms with E-state index >= 15 is 0 Å². The Kier molecular flexibility index (Phi) is 4.24. The minimum Gasteiger partial charge on any atom is -0.497 e. The van der Waals surface area contributed by atoms with Crippen molar-refractivity contribution in [2.45, 2.75) is 12.5 Å². The van der Waals surface area contributed by atoms with Gasteiger partial charge in [0.25, 0.3) is 0 Å². The largest absolute Gasteiger partial charge is 0.497 e. The van der Waals surface area contributed by atoms with Crippen molar-refractivity contribution in [2.24, 2.45) is 0 Å². The molecule has 2 N–H and O–H groups in total. The van der Waals surface area contributed by atoms with Crippen LogP contribution in [0.1, 0.15) is 6.92 Å². The topological polar surface area (TPSA) is 41.5 Å². The number of hydrogen-bond acceptors (Lipinski definition) is 3. The van der Waals surface area contributed by atoms with Crippen LogP contribution in [0.2, 0.25) is 0 Å². The second-order valence-electron chi connectivity index (χ2n) is 3.72. The van der Waals surface area contributed by atoms with Gasteiger partial charge in [-0.3, -0.25) is 0 Å². The summed E-state index contributed by atoms with van der Waals surface area (Å²) >= 11 is 5.60. The van der Waals surface area contributed by atoms with Gasteiger partial charge in [-0.2, -0.15) is 0 Å². The van der Waals surface area contributed by atoms with Crippen molar-refractivity contribution in [2.75, 3.05) is 24.9 Å². The lowest BCUT2D eigenvalue weighted by atomic mass is 10.1. The third-order valence-corrected chi connectivity index (χ3v) is 2.61. The molecule has 0 saturated heterocycles. The van der Waals surface area contributed by atoms with E-state index in [0.29, 0.717) is 6.54 Å². The van der Waals surface area contributed by atoms with E-state index in [-0.39, 0.29) is 5.88 Å². The summed E-state index contributed by atoms with van der Waals surface area (Å²) in [4.78, 5) is 0. The number of halogens is 1. The third-order valence-electron chi connectivity index (χ3n) is 2.03. The first-order chi connectivity index (χ1) is 7.07. The molecule has 1 unspecified atom stereocenters.